The van der Waals surface area contributed by atoms with Crippen LogP contribution in [0.4, 0.5) is 5.69 Å². The molecule has 0 atom stereocenters. The van der Waals surface area contributed by atoms with Crippen LogP contribution in [-0.2, 0) is 9.59 Å². The van der Waals surface area contributed by atoms with Crippen LogP contribution < -0.4 is 15.5 Å². The summed E-state index contributed by atoms with van der Waals surface area (Å²) in [5, 5.41) is 6.26. The number of rotatable bonds is 6. The minimum Gasteiger partial charge on any atom is -0.368 e. The summed E-state index contributed by atoms with van der Waals surface area (Å²) in [7, 11) is 0. The highest BCUT2D eigenvalue weighted by molar-refractivity contribution is 5.85. The second-order valence-electron chi connectivity index (χ2n) is 7.12. The fourth-order valence-corrected chi connectivity index (χ4v) is 3.69. The third kappa shape index (κ3) is 6.40. The first kappa shape index (κ1) is 21.5. The normalized spacial score (nSPS) is 17.9. The van der Waals surface area contributed by atoms with Gasteiger partial charge in [0.2, 0.25) is 11.8 Å². The van der Waals surface area contributed by atoms with Crippen LogP contribution in [0.25, 0.3) is 0 Å². The van der Waals surface area contributed by atoms with Crippen LogP contribution in [0.5, 0.6) is 0 Å². The summed E-state index contributed by atoms with van der Waals surface area (Å²) < 4.78 is 0. The van der Waals surface area contributed by atoms with Gasteiger partial charge in [0.25, 0.3) is 0 Å². The van der Waals surface area contributed by atoms with Crippen molar-refractivity contribution in [3.63, 3.8) is 0 Å². The number of carbonyl (C=O) groups is 2. The van der Waals surface area contributed by atoms with Crippen molar-refractivity contribution in [3.05, 3.63) is 30.3 Å². The molecule has 0 bridgehead atoms. The van der Waals surface area contributed by atoms with Crippen LogP contribution in [0.1, 0.15) is 25.7 Å². The molecule has 2 N–H and O–H groups in total. The van der Waals surface area contributed by atoms with Crippen LogP contribution >= 0.6 is 12.4 Å². The van der Waals surface area contributed by atoms with Crippen LogP contribution in [0.3, 0.4) is 0 Å². The quantitative estimate of drug-likeness (QED) is 0.720. The van der Waals surface area contributed by atoms with Crippen LogP contribution in [0, 0.1) is 5.92 Å². The molecule has 2 heterocycles. The first-order valence-corrected chi connectivity index (χ1v) is 9.80. The Balaban J connectivity index is 0.00000261. The van der Waals surface area contributed by atoms with Gasteiger partial charge in [0.1, 0.15) is 0 Å². The average Bonchev–Trinajstić information content (AvgIpc) is 2.72. The van der Waals surface area contributed by atoms with E-state index in [0.29, 0.717) is 19.4 Å². The molecular weight excluding hydrogens is 364 g/mol. The van der Waals surface area contributed by atoms with Crippen molar-refractivity contribution in [2.75, 3.05) is 50.7 Å². The number of amides is 2. The van der Waals surface area contributed by atoms with Crippen molar-refractivity contribution in [2.45, 2.75) is 25.7 Å². The molecule has 0 unspecified atom stereocenters. The van der Waals surface area contributed by atoms with E-state index in [4.69, 9.17) is 0 Å². The van der Waals surface area contributed by atoms with Crippen molar-refractivity contribution < 1.29 is 9.59 Å². The van der Waals surface area contributed by atoms with Gasteiger partial charge >= 0.3 is 0 Å². The average molecular weight is 395 g/mol. The maximum atomic E-state index is 12.4. The fraction of sp³-hybridized carbons (Fsp3) is 0.600. The number of nitrogens with zero attached hydrogens (tertiary/aromatic N) is 2. The second kappa shape index (κ2) is 11.1. The zero-order valence-electron chi connectivity index (χ0n) is 15.9. The van der Waals surface area contributed by atoms with Crippen LogP contribution in [0.15, 0.2) is 30.3 Å². The van der Waals surface area contributed by atoms with Crippen LogP contribution in [-0.4, -0.2) is 62.5 Å². The molecule has 0 radical (unpaired) electrons. The van der Waals surface area contributed by atoms with Gasteiger partial charge < -0.3 is 20.4 Å². The monoisotopic (exact) mass is 394 g/mol. The molecule has 1 aromatic carbocycles. The lowest BCUT2D eigenvalue weighted by Gasteiger charge is -2.36. The lowest BCUT2D eigenvalue weighted by atomic mass is 9.97. The Kier molecular flexibility index (Phi) is 8.88. The van der Waals surface area contributed by atoms with Gasteiger partial charge in [-0.15, -0.1) is 12.4 Å². The molecule has 0 aromatic heterocycles. The summed E-state index contributed by atoms with van der Waals surface area (Å²) in [5.41, 5.74) is 1.22. The minimum atomic E-state index is 0. The summed E-state index contributed by atoms with van der Waals surface area (Å²) in [6.45, 7) is 5.74. The van der Waals surface area contributed by atoms with E-state index in [1.807, 2.05) is 23.1 Å². The number of nitrogens with one attached hydrogen (secondary N) is 2. The Bertz CT molecular complexity index is 585. The van der Waals surface area contributed by atoms with E-state index in [2.05, 4.69) is 27.7 Å². The van der Waals surface area contributed by atoms with Crippen LogP contribution in [0.2, 0.25) is 0 Å². The minimum absolute atomic E-state index is 0. The molecule has 0 spiro atoms. The van der Waals surface area contributed by atoms with Crippen molar-refractivity contribution in [2.24, 2.45) is 5.92 Å². The number of halogens is 1. The Morgan fingerprint density at radius 2 is 1.70 bits per heavy atom. The predicted molar refractivity (Wildman–Crippen MR) is 110 cm³/mol. The van der Waals surface area contributed by atoms with E-state index in [1.54, 1.807) is 0 Å². The van der Waals surface area contributed by atoms with Gasteiger partial charge in [0.15, 0.2) is 0 Å². The number of carbonyl (C=O) groups excluding carboxylic acids is 2. The molecule has 2 amide bonds. The molecule has 2 fully saturated rings. The fourth-order valence-electron chi connectivity index (χ4n) is 3.69. The Morgan fingerprint density at radius 3 is 2.37 bits per heavy atom. The molecule has 1 aromatic rings. The molecule has 150 valence electrons. The lowest BCUT2D eigenvalue weighted by Crippen LogP contribution is -2.48. The zero-order chi connectivity index (χ0) is 18.2. The molecule has 2 saturated heterocycles. The smallest absolute Gasteiger partial charge is 0.223 e. The molecule has 27 heavy (non-hydrogen) atoms. The largest absolute Gasteiger partial charge is 0.368 e. The van der Waals surface area contributed by atoms with E-state index in [-0.39, 0.29) is 30.1 Å². The first-order chi connectivity index (χ1) is 12.7. The topological polar surface area (TPSA) is 64.7 Å². The molecule has 0 saturated carbocycles. The van der Waals surface area contributed by atoms with Crippen molar-refractivity contribution in [3.8, 4) is 0 Å². The maximum Gasteiger partial charge on any atom is 0.223 e. The Hall–Kier alpha value is -1.79. The highest BCUT2D eigenvalue weighted by atomic mass is 35.5. The van der Waals surface area contributed by atoms with Gasteiger partial charge in [-0.1, -0.05) is 18.2 Å². The van der Waals surface area contributed by atoms with Crippen molar-refractivity contribution in [1.82, 2.24) is 15.5 Å². The lowest BCUT2D eigenvalue weighted by molar-refractivity contribution is -0.132. The molecule has 2 aliphatic rings. The zero-order valence-corrected chi connectivity index (χ0v) is 16.7. The van der Waals surface area contributed by atoms with Gasteiger partial charge in [0, 0.05) is 50.7 Å². The highest BCUT2D eigenvalue weighted by Gasteiger charge is 2.22. The van der Waals surface area contributed by atoms with Gasteiger partial charge in [-0.3, -0.25) is 9.59 Å². The maximum absolute atomic E-state index is 12.4. The molecule has 3 rings (SSSR count). The summed E-state index contributed by atoms with van der Waals surface area (Å²) in [5.74, 6) is 0.488. The van der Waals surface area contributed by atoms with Gasteiger partial charge in [-0.05, 0) is 44.5 Å². The predicted octanol–water partition coefficient (Wildman–Crippen LogP) is 1.65. The molecule has 7 heteroatoms. The van der Waals surface area contributed by atoms with Gasteiger partial charge in [-0.2, -0.15) is 0 Å². The van der Waals surface area contributed by atoms with Crippen molar-refractivity contribution >= 4 is 29.9 Å². The SMILES string of the molecule is Cl.O=C(NCCCC(=O)N1CCN(c2ccccc2)CC1)C1CCNCC1. The van der Waals surface area contributed by atoms with E-state index >= 15 is 0 Å². The van der Waals surface area contributed by atoms with E-state index in [0.717, 1.165) is 52.1 Å². The number of piperidine rings is 1. The number of hydrogen-bond acceptors (Lipinski definition) is 4. The van der Waals surface area contributed by atoms with Crippen molar-refractivity contribution in [1.29, 1.82) is 0 Å². The number of hydrogen-bond donors (Lipinski definition) is 2. The third-order valence-corrected chi connectivity index (χ3v) is 5.33. The number of para-hydroxylation sites is 1. The van der Waals surface area contributed by atoms with Gasteiger partial charge in [0.05, 0.1) is 0 Å². The summed E-state index contributed by atoms with van der Waals surface area (Å²) >= 11 is 0. The van der Waals surface area contributed by atoms with E-state index in [1.165, 1.54) is 5.69 Å². The van der Waals surface area contributed by atoms with Gasteiger partial charge in [-0.25, -0.2) is 0 Å². The highest BCUT2D eigenvalue weighted by Crippen LogP contribution is 2.16. The standard InChI is InChI=1S/C20H30N4O2.ClH/c25-19(7-4-10-22-20(26)17-8-11-21-12-9-17)24-15-13-23(14-16-24)18-5-2-1-3-6-18;/h1-3,5-6,17,21H,4,7-16H2,(H,22,26);1H. The summed E-state index contributed by atoms with van der Waals surface area (Å²) in [6.07, 6.45) is 3.05. The molecule has 2 aliphatic heterocycles. The third-order valence-electron chi connectivity index (χ3n) is 5.33. The molecular formula is C20H31ClN4O2. The Morgan fingerprint density at radius 1 is 1.04 bits per heavy atom. The summed E-state index contributed by atoms with van der Waals surface area (Å²) in [4.78, 5) is 28.7. The summed E-state index contributed by atoms with van der Waals surface area (Å²) in [6, 6.07) is 10.3. The number of benzene rings is 1. The second-order valence-corrected chi connectivity index (χ2v) is 7.12. The first-order valence-electron chi connectivity index (χ1n) is 9.80. The number of piperazine rings is 1. The van der Waals surface area contributed by atoms with E-state index < -0.39 is 0 Å². The molecule has 0 aliphatic carbocycles. The Labute approximate surface area is 168 Å². The number of anilines is 1. The molecule has 6 nitrogen and oxygen atoms in total. The van der Waals surface area contributed by atoms with E-state index in [9.17, 15) is 9.59 Å².